The minimum Gasteiger partial charge on any atom is -0.508 e. The first-order valence-electron chi connectivity index (χ1n) is 9.33. The third-order valence-electron chi connectivity index (χ3n) is 4.80. The Hall–Kier alpha value is -2.56. The smallest absolute Gasteiger partial charge is 0.333 e. The normalized spacial score (nSPS) is 15.8. The van der Waals surface area contributed by atoms with E-state index in [1.54, 1.807) is 32.1 Å². The Bertz CT molecular complexity index is 784. The molecule has 0 aliphatic heterocycles. The van der Waals surface area contributed by atoms with Gasteiger partial charge in [0.1, 0.15) is 5.75 Å². The summed E-state index contributed by atoms with van der Waals surface area (Å²) in [4.78, 5) is 11.9. The van der Waals surface area contributed by atoms with Crippen LogP contribution >= 0.6 is 0 Å². The number of rotatable bonds is 5. The molecule has 26 heavy (non-hydrogen) atoms. The molecule has 1 fully saturated rings. The van der Waals surface area contributed by atoms with Gasteiger partial charge in [0.25, 0.3) is 0 Å². The molecule has 1 aliphatic carbocycles. The molecule has 0 unspecified atom stereocenters. The van der Waals surface area contributed by atoms with Crippen LogP contribution in [0.1, 0.15) is 57.7 Å². The Morgan fingerprint density at radius 3 is 2.62 bits per heavy atom. The molecule has 1 aromatic heterocycles. The van der Waals surface area contributed by atoms with E-state index < -0.39 is 0 Å². The first-order chi connectivity index (χ1) is 12.6. The molecule has 1 aliphatic rings. The van der Waals surface area contributed by atoms with Crippen LogP contribution in [0.5, 0.6) is 5.75 Å². The lowest BCUT2D eigenvalue weighted by atomic mass is 9.95. The Morgan fingerprint density at radius 1 is 1.27 bits per heavy atom. The summed E-state index contributed by atoms with van der Waals surface area (Å²) in [5, 5.41) is 14.4. The molecule has 138 valence electrons. The van der Waals surface area contributed by atoms with E-state index in [0.29, 0.717) is 18.2 Å². The zero-order chi connectivity index (χ0) is 18.5. The summed E-state index contributed by atoms with van der Waals surface area (Å²) in [6, 6.07) is 9.55. The lowest BCUT2D eigenvalue weighted by Gasteiger charge is -2.24. The number of hydrogen-bond donors (Lipinski definition) is 1. The number of nitrogens with zero attached hydrogens (tertiary/aromatic N) is 2. The van der Waals surface area contributed by atoms with Gasteiger partial charge in [0, 0.05) is 11.1 Å². The molecule has 0 bridgehead atoms. The summed E-state index contributed by atoms with van der Waals surface area (Å²) in [6.45, 7) is 3.91. The maximum Gasteiger partial charge on any atom is 0.333 e. The van der Waals surface area contributed by atoms with Gasteiger partial charge in [-0.25, -0.2) is 4.79 Å². The summed E-state index contributed by atoms with van der Waals surface area (Å²) < 4.78 is 7.15. The van der Waals surface area contributed by atoms with Crippen LogP contribution in [0.4, 0.5) is 0 Å². The second-order valence-electron chi connectivity index (χ2n) is 6.79. The number of benzene rings is 1. The van der Waals surface area contributed by atoms with E-state index in [4.69, 9.17) is 9.84 Å². The highest BCUT2D eigenvalue weighted by atomic mass is 16.5. The van der Waals surface area contributed by atoms with Crippen LogP contribution in [0.3, 0.4) is 0 Å². The van der Waals surface area contributed by atoms with E-state index in [2.05, 4.69) is 4.68 Å². The van der Waals surface area contributed by atoms with E-state index in [0.717, 1.165) is 29.8 Å². The summed E-state index contributed by atoms with van der Waals surface area (Å²) in [5.74, 6) is -0.0679. The standard InChI is InChI=1S/C21H26N2O3/c1-3-26-21(25)15(2)13-17-14-20(16-9-11-19(24)12-10-16)23(22-17)18-7-5-4-6-8-18/h9-14,18,24H,3-8H2,1-2H3. The number of ether oxygens (including phenoxy) is 1. The third kappa shape index (κ3) is 4.15. The minimum absolute atomic E-state index is 0.246. The molecule has 5 heteroatoms. The van der Waals surface area contributed by atoms with Crippen LogP contribution in [0.15, 0.2) is 35.9 Å². The van der Waals surface area contributed by atoms with E-state index >= 15 is 0 Å². The minimum atomic E-state index is -0.314. The predicted molar refractivity (Wildman–Crippen MR) is 102 cm³/mol. The summed E-state index contributed by atoms with van der Waals surface area (Å²) >= 11 is 0. The van der Waals surface area contributed by atoms with Gasteiger partial charge in [-0.2, -0.15) is 5.10 Å². The van der Waals surface area contributed by atoms with Crippen LogP contribution in [-0.4, -0.2) is 27.5 Å². The lowest BCUT2D eigenvalue weighted by Crippen LogP contribution is -2.15. The van der Waals surface area contributed by atoms with Gasteiger partial charge in [0.2, 0.25) is 0 Å². The predicted octanol–water partition coefficient (Wildman–Crippen LogP) is 4.73. The quantitative estimate of drug-likeness (QED) is 0.623. The van der Waals surface area contributed by atoms with Gasteiger partial charge in [-0.3, -0.25) is 4.68 Å². The monoisotopic (exact) mass is 354 g/mol. The maximum absolute atomic E-state index is 11.9. The fourth-order valence-corrected chi connectivity index (χ4v) is 3.46. The van der Waals surface area contributed by atoms with E-state index in [9.17, 15) is 9.90 Å². The Labute approximate surface area is 154 Å². The summed E-state index contributed by atoms with van der Waals surface area (Å²) in [7, 11) is 0. The topological polar surface area (TPSA) is 64.3 Å². The molecule has 0 radical (unpaired) electrons. The zero-order valence-corrected chi connectivity index (χ0v) is 15.4. The number of carbonyl (C=O) groups excluding carboxylic acids is 1. The molecule has 0 spiro atoms. The molecule has 1 aromatic carbocycles. The molecular weight excluding hydrogens is 328 g/mol. The molecule has 5 nitrogen and oxygen atoms in total. The molecule has 3 rings (SSSR count). The van der Waals surface area contributed by atoms with Crippen molar-refractivity contribution in [3.05, 3.63) is 41.6 Å². The number of aromatic hydroxyl groups is 1. The summed E-state index contributed by atoms with van der Waals surface area (Å²) in [5.41, 5.74) is 3.32. The van der Waals surface area contributed by atoms with Gasteiger partial charge >= 0.3 is 5.97 Å². The second kappa shape index (κ2) is 8.21. The van der Waals surface area contributed by atoms with Crippen molar-refractivity contribution in [1.82, 2.24) is 9.78 Å². The fraction of sp³-hybridized carbons (Fsp3) is 0.429. The van der Waals surface area contributed by atoms with Crippen LogP contribution in [-0.2, 0) is 9.53 Å². The Morgan fingerprint density at radius 2 is 1.96 bits per heavy atom. The van der Waals surface area contributed by atoms with Crippen molar-refractivity contribution < 1.29 is 14.6 Å². The molecule has 2 aromatic rings. The highest BCUT2D eigenvalue weighted by Gasteiger charge is 2.20. The zero-order valence-electron chi connectivity index (χ0n) is 15.4. The lowest BCUT2D eigenvalue weighted by molar-refractivity contribution is -0.138. The highest BCUT2D eigenvalue weighted by molar-refractivity contribution is 5.92. The number of phenols is 1. The highest BCUT2D eigenvalue weighted by Crippen LogP contribution is 2.33. The van der Waals surface area contributed by atoms with Crippen molar-refractivity contribution in [3.63, 3.8) is 0 Å². The van der Waals surface area contributed by atoms with Crippen molar-refractivity contribution in [3.8, 4) is 17.0 Å². The van der Waals surface area contributed by atoms with Gasteiger partial charge in [-0.15, -0.1) is 0 Å². The summed E-state index contributed by atoms with van der Waals surface area (Å²) in [6.07, 6.45) is 7.72. The molecule has 1 heterocycles. The van der Waals surface area contributed by atoms with Gasteiger partial charge in [0.15, 0.2) is 0 Å². The van der Waals surface area contributed by atoms with Crippen molar-refractivity contribution in [1.29, 1.82) is 0 Å². The van der Waals surface area contributed by atoms with E-state index in [1.807, 2.05) is 18.2 Å². The molecule has 0 amide bonds. The fourth-order valence-electron chi connectivity index (χ4n) is 3.46. The van der Waals surface area contributed by atoms with Gasteiger partial charge in [-0.05, 0) is 63.1 Å². The molecule has 1 saturated carbocycles. The van der Waals surface area contributed by atoms with Gasteiger partial charge in [0.05, 0.1) is 24.0 Å². The van der Waals surface area contributed by atoms with Crippen molar-refractivity contribution in [2.24, 2.45) is 0 Å². The Kier molecular flexibility index (Phi) is 5.76. The Balaban J connectivity index is 1.98. The van der Waals surface area contributed by atoms with E-state index in [1.165, 1.54) is 19.3 Å². The van der Waals surface area contributed by atoms with Crippen LogP contribution in [0, 0.1) is 0 Å². The van der Waals surface area contributed by atoms with Crippen LogP contribution < -0.4 is 0 Å². The second-order valence-corrected chi connectivity index (χ2v) is 6.79. The number of carbonyl (C=O) groups is 1. The first-order valence-corrected chi connectivity index (χ1v) is 9.33. The number of aromatic nitrogens is 2. The van der Waals surface area contributed by atoms with Gasteiger partial charge in [-0.1, -0.05) is 19.3 Å². The van der Waals surface area contributed by atoms with Crippen molar-refractivity contribution in [2.75, 3.05) is 6.61 Å². The van der Waals surface area contributed by atoms with Gasteiger partial charge < -0.3 is 9.84 Å². The molecule has 0 saturated heterocycles. The largest absolute Gasteiger partial charge is 0.508 e. The van der Waals surface area contributed by atoms with Crippen molar-refractivity contribution in [2.45, 2.75) is 52.0 Å². The number of phenolic OH excluding ortho intramolecular Hbond substituents is 1. The number of hydrogen-bond acceptors (Lipinski definition) is 4. The molecular formula is C21H26N2O3. The molecule has 1 N–H and O–H groups in total. The molecule has 0 atom stereocenters. The number of esters is 1. The maximum atomic E-state index is 11.9. The van der Waals surface area contributed by atoms with Crippen molar-refractivity contribution >= 4 is 12.0 Å². The van der Waals surface area contributed by atoms with Crippen LogP contribution in [0.2, 0.25) is 0 Å². The average molecular weight is 354 g/mol. The third-order valence-corrected chi connectivity index (χ3v) is 4.80. The van der Waals surface area contributed by atoms with Crippen LogP contribution in [0.25, 0.3) is 17.3 Å². The van der Waals surface area contributed by atoms with E-state index in [-0.39, 0.29) is 11.7 Å². The first kappa shape index (κ1) is 18.2. The average Bonchev–Trinajstić information content (AvgIpc) is 3.07. The SMILES string of the molecule is CCOC(=O)C(C)=Cc1cc(-c2ccc(O)cc2)n(C2CCCCC2)n1.